The molecule has 2 heteroatoms. The molecule has 0 aromatic carbocycles. The van der Waals surface area contributed by atoms with Gasteiger partial charge < -0.3 is 10.2 Å². The Morgan fingerprint density at radius 1 is 1.23 bits per heavy atom. The standard InChI is InChI=1S/C11H24N2/c1-3-7-11(12-4-2)10-13-8-5-6-9-13/h11-12H,3-10H2,1-2H3. The van der Waals surface area contributed by atoms with Gasteiger partial charge in [0, 0.05) is 12.6 Å². The normalized spacial score (nSPS) is 20.8. The lowest BCUT2D eigenvalue weighted by atomic mass is 10.1. The summed E-state index contributed by atoms with van der Waals surface area (Å²) in [7, 11) is 0. The molecule has 1 rings (SSSR count). The minimum absolute atomic E-state index is 0.730. The Labute approximate surface area is 82.7 Å². The van der Waals surface area contributed by atoms with Crippen LogP contribution in [-0.2, 0) is 0 Å². The highest BCUT2D eigenvalue weighted by molar-refractivity contribution is 4.74. The van der Waals surface area contributed by atoms with E-state index < -0.39 is 0 Å². The summed E-state index contributed by atoms with van der Waals surface area (Å²) in [5.41, 5.74) is 0. The van der Waals surface area contributed by atoms with Crippen LogP contribution in [0.4, 0.5) is 0 Å². The molecule has 0 aliphatic carbocycles. The molecule has 1 aliphatic rings. The predicted octanol–water partition coefficient (Wildman–Crippen LogP) is 1.86. The number of likely N-dealkylation sites (N-methyl/N-ethyl adjacent to an activating group) is 1. The average Bonchev–Trinajstić information content (AvgIpc) is 2.58. The summed E-state index contributed by atoms with van der Waals surface area (Å²) in [6.07, 6.45) is 5.44. The molecule has 78 valence electrons. The Morgan fingerprint density at radius 3 is 2.46 bits per heavy atom. The Morgan fingerprint density at radius 2 is 1.92 bits per heavy atom. The summed E-state index contributed by atoms with van der Waals surface area (Å²) in [6.45, 7) is 9.50. The monoisotopic (exact) mass is 184 g/mol. The minimum atomic E-state index is 0.730. The lowest BCUT2D eigenvalue weighted by Gasteiger charge is -2.23. The van der Waals surface area contributed by atoms with Crippen molar-refractivity contribution < 1.29 is 0 Å². The summed E-state index contributed by atoms with van der Waals surface area (Å²) in [5, 5.41) is 3.57. The highest BCUT2D eigenvalue weighted by atomic mass is 15.2. The quantitative estimate of drug-likeness (QED) is 0.678. The van der Waals surface area contributed by atoms with Crippen molar-refractivity contribution in [2.45, 2.75) is 45.6 Å². The van der Waals surface area contributed by atoms with E-state index >= 15 is 0 Å². The minimum Gasteiger partial charge on any atom is -0.313 e. The van der Waals surface area contributed by atoms with Crippen LogP contribution in [0.2, 0.25) is 0 Å². The van der Waals surface area contributed by atoms with Gasteiger partial charge in [0.1, 0.15) is 0 Å². The maximum Gasteiger partial charge on any atom is 0.0194 e. The van der Waals surface area contributed by atoms with Gasteiger partial charge in [-0.1, -0.05) is 20.3 Å². The molecule has 0 saturated carbocycles. The Kier molecular flexibility index (Phi) is 5.40. The second kappa shape index (κ2) is 6.39. The molecular formula is C11H24N2. The van der Waals surface area contributed by atoms with Crippen molar-refractivity contribution in [3.05, 3.63) is 0 Å². The summed E-state index contributed by atoms with van der Waals surface area (Å²) in [6, 6.07) is 0.730. The van der Waals surface area contributed by atoms with Crippen LogP contribution in [0.3, 0.4) is 0 Å². The lowest BCUT2D eigenvalue weighted by molar-refractivity contribution is 0.283. The predicted molar refractivity (Wildman–Crippen MR) is 58.0 cm³/mol. The SMILES string of the molecule is CCCC(CN1CCCC1)NCC. The van der Waals surface area contributed by atoms with Crippen molar-refractivity contribution in [2.24, 2.45) is 0 Å². The molecule has 1 saturated heterocycles. The molecule has 1 atom stereocenters. The smallest absolute Gasteiger partial charge is 0.0194 e. The van der Waals surface area contributed by atoms with Crippen LogP contribution in [0, 0.1) is 0 Å². The van der Waals surface area contributed by atoms with Gasteiger partial charge in [0.2, 0.25) is 0 Å². The van der Waals surface area contributed by atoms with Gasteiger partial charge in [-0.3, -0.25) is 0 Å². The molecule has 1 heterocycles. The third kappa shape index (κ3) is 4.10. The number of likely N-dealkylation sites (tertiary alicyclic amines) is 1. The molecule has 1 aliphatic heterocycles. The van der Waals surface area contributed by atoms with E-state index in [9.17, 15) is 0 Å². The van der Waals surface area contributed by atoms with Gasteiger partial charge in [0.15, 0.2) is 0 Å². The van der Waals surface area contributed by atoms with E-state index in [1.807, 2.05) is 0 Å². The lowest BCUT2D eigenvalue weighted by Crippen LogP contribution is -2.39. The van der Waals surface area contributed by atoms with Gasteiger partial charge in [-0.2, -0.15) is 0 Å². The van der Waals surface area contributed by atoms with Crippen molar-refractivity contribution >= 4 is 0 Å². The second-order valence-electron chi connectivity index (χ2n) is 4.05. The summed E-state index contributed by atoms with van der Waals surface area (Å²) in [5.74, 6) is 0. The van der Waals surface area contributed by atoms with Gasteiger partial charge >= 0.3 is 0 Å². The van der Waals surface area contributed by atoms with E-state index in [1.165, 1.54) is 45.3 Å². The summed E-state index contributed by atoms with van der Waals surface area (Å²) < 4.78 is 0. The van der Waals surface area contributed by atoms with Crippen molar-refractivity contribution in [1.82, 2.24) is 10.2 Å². The first-order chi connectivity index (χ1) is 6.36. The van der Waals surface area contributed by atoms with E-state index in [0.29, 0.717) is 0 Å². The molecule has 2 nitrogen and oxygen atoms in total. The van der Waals surface area contributed by atoms with Gasteiger partial charge in [-0.05, 0) is 38.9 Å². The van der Waals surface area contributed by atoms with Gasteiger partial charge in [0.25, 0.3) is 0 Å². The van der Waals surface area contributed by atoms with Crippen LogP contribution in [-0.4, -0.2) is 37.1 Å². The largest absolute Gasteiger partial charge is 0.313 e. The molecule has 0 aromatic rings. The van der Waals surface area contributed by atoms with E-state index in [1.54, 1.807) is 0 Å². The van der Waals surface area contributed by atoms with Gasteiger partial charge in [-0.25, -0.2) is 0 Å². The number of hydrogen-bond acceptors (Lipinski definition) is 2. The highest BCUT2D eigenvalue weighted by Gasteiger charge is 2.15. The molecule has 13 heavy (non-hydrogen) atoms. The fourth-order valence-corrected chi connectivity index (χ4v) is 2.17. The first-order valence-corrected chi connectivity index (χ1v) is 5.82. The average molecular weight is 184 g/mol. The Hall–Kier alpha value is -0.0800. The number of hydrogen-bond donors (Lipinski definition) is 1. The van der Waals surface area contributed by atoms with Crippen molar-refractivity contribution in [3.63, 3.8) is 0 Å². The maximum atomic E-state index is 3.57. The summed E-state index contributed by atoms with van der Waals surface area (Å²) >= 11 is 0. The molecule has 1 N–H and O–H groups in total. The van der Waals surface area contributed by atoms with Crippen LogP contribution in [0.5, 0.6) is 0 Å². The maximum absolute atomic E-state index is 3.57. The molecule has 0 aromatic heterocycles. The third-order valence-corrected chi connectivity index (χ3v) is 2.81. The fourth-order valence-electron chi connectivity index (χ4n) is 2.17. The highest BCUT2D eigenvalue weighted by Crippen LogP contribution is 2.09. The second-order valence-corrected chi connectivity index (χ2v) is 4.05. The van der Waals surface area contributed by atoms with Crippen LogP contribution >= 0.6 is 0 Å². The molecule has 0 bridgehead atoms. The Balaban J connectivity index is 2.19. The van der Waals surface area contributed by atoms with Gasteiger partial charge in [-0.15, -0.1) is 0 Å². The fraction of sp³-hybridized carbons (Fsp3) is 1.00. The topological polar surface area (TPSA) is 15.3 Å². The Bertz CT molecular complexity index is 113. The van der Waals surface area contributed by atoms with Crippen LogP contribution in [0.15, 0.2) is 0 Å². The third-order valence-electron chi connectivity index (χ3n) is 2.81. The molecular weight excluding hydrogens is 160 g/mol. The number of nitrogens with one attached hydrogen (secondary N) is 1. The van der Waals surface area contributed by atoms with Crippen molar-refractivity contribution in [1.29, 1.82) is 0 Å². The molecule has 0 spiro atoms. The number of rotatable bonds is 6. The van der Waals surface area contributed by atoms with Crippen LogP contribution in [0.1, 0.15) is 39.5 Å². The zero-order valence-corrected chi connectivity index (χ0v) is 9.18. The van der Waals surface area contributed by atoms with Gasteiger partial charge in [0.05, 0.1) is 0 Å². The zero-order chi connectivity index (χ0) is 9.52. The molecule has 0 radical (unpaired) electrons. The van der Waals surface area contributed by atoms with Crippen LogP contribution < -0.4 is 5.32 Å². The van der Waals surface area contributed by atoms with Crippen molar-refractivity contribution in [2.75, 3.05) is 26.2 Å². The first kappa shape index (κ1) is 11.0. The van der Waals surface area contributed by atoms with E-state index in [-0.39, 0.29) is 0 Å². The molecule has 1 fully saturated rings. The first-order valence-electron chi connectivity index (χ1n) is 5.82. The van der Waals surface area contributed by atoms with E-state index in [0.717, 1.165) is 12.6 Å². The number of nitrogens with zero attached hydrogens (tertiary/aromatic N) is 1. The molecule has 0 amide bonds. The van der Waals surface area contributed by atoms with Crippen molar-refractivity contribution in [3.8, 4) is 0 Å². The van der Waals surface area contributed by atoms with Crippen LogP contribution in [0.25, 0.3) is 0 Å². The summed E-state index contributed by atoms with van der Waals surface area (Å²) in [4.78, 5) is 2.60. The molecule has 1 unspecified atom stereocenters. The van der Waals surface area contributed by atoms with E-state index in [4.69, 9.17) is 0 Å². The zero-order valence-electron chi connectivity index (χ0n) is 9.18. The van der Waals surface area contributed by atoms with E-state index in [2.05, 4.69) is 24.1 Å².